The number of nitrogens with zero attached hydrogens (tertiary/aromatic N) is 1. The zero-order valence-corrected chi connectivity index (χ0v) is 17.3. The monoisotopic (exact) mass is 405 g/mol. The van der Waals surface area contributed by atoms with Gasteiger partial charge in [-0.25, -0.2) is 4.79 Å². The molecule has 0 radical (unpaired) electrons. The van der Waals surface area contributed by atoms with Crippen LogP contribution in [0, 0.1) is 5.92 Å². The molecule has 1 aliphatic heterocycles. The first-order valence-corrected chi connectivity index (χ1v) is 9.95. The van der Waals surface area contributed by atoms with Crippen molar-refractivity contribution in [3.63, 3.8) is 0 Å². The fourth-order valence-electron chi connectivity index (χ4n) is 3.21. The summed E-state index contributed by atoms with van der Waals surface area (Å²) < 4.78 is 10.1. The Balaban J connectivity index is 1.80. The number of carbonyl (C=O) groups excluding carboxylic acids is 3. The molecule has 160 valence electrons. The molecule has 0 aromatic heterocycles. The van der Waals surface area contributed by atoms with Gasteiger partial charge < -0.3 is 25.0 Å². The summed E-state index contributed by atoms with van der Waals surface area (Å²) in [6.45, 7) is 5.11. The first-order chi connectivity index (χ1) is 13.9. The summed E-state index contributed by atoms with van der Waals surface area (Å²) >= 11 is 0. The lowest BCUT2D eigenvalue weighted by Crippen LogP contribution is -2.54. The number of ether oxygens (including phenoxy) is 2. The van der Waals surface area contributed by atoms with Gasteiger partial charge in [0.05, 0.1) is 0 Å². The number of piperidine rings is 1. The predicted octanol–water partition coefficient (Wildman–Crippen LogP) is 1.69. The van der Waals surface area contributed by atoms with Crippen molar-refractivity contribution in [1.82, 2.24) is 15.5 Å². The molecule has 1 aromatic carbocycles. The van der Waals surface area contributed by atoms with Gasteiger partial charge in [-0.2, -0.15) is 0 Å². The maximum atomic E-state index is 12.7. The molecular weight excluding hydrogens is 374 g/mol. The van der Waals surface area contributed by atoms with Gasteiger partial charge in [0.25, 0.3) is 0 Å². The highest BCUT2D eigenvalue weighted by molar-refractivity contribution is 5.86. The Kier molecular flexibility index (Phi) is 8.92. The molecule has 8 heteroatoms. The highest BCUT2D eigenvalue weighted by atomic mass is 16.5. The van der Waals surface area contributed by atoms with E-state index in [9.17, 15) is 14.4 Å². The molecule has 1 atom stereocenters. The van der Waals surface area contributed by atoms with Crippen LogP contribution in [0.25, 0.3) is 0 Å². The van der Waals surface area contributed by atoms with Crippen LogP contribution < -0.4 is 10.6 Å². The van der Waals surface area contributed by atoms with Gasteiger partial charge in [0, 0.05) is 26.2 Å². The van der Waals surface area contributed by atoms with Gasteiger partial charge in [-0.05, 0) is 24.3 Å². The molecule has 0 spiro atoms. The van der Waals surface area contributed by atoms with Gasteiger partial charge in [-0.3, -0.25) is 9.59 Å². The van der Waals surface area contributed by atoms with Crippen LogP contribution in [0.1, 0.15) is 32.3 Å². The molecule has 2 rings (SSSR count). The Morgan fingerprint density at radius 2 is 1.79 bits per heavy atom. The van der Waals surface area contributed by atoms with Crippen LogP contribution in [-0.2, 0) is 25.7 Å². The fourth-order valence-corrected chi connectivity index (χ4v) is 3.21. The Morgan fingerprint density at radius 3 is 2.38 bits per heavy atom. The number of nitrogens with one attached hydrogen (secondary N) is 2. The van der Waals surface area contributed by atoms with E-state index in [-0.39, 0.29) is 37.0 Å². The highest BCUT2D eigenvalue weighted by Gasteiger charge is 2.29. The quantitative estimate of drug-likeness (QED) is 0.686. The number of hydrogen-bond acceptors (Lipinski definition) is 5. The highest BCUT2D eigenvalue weighted by Crippen LogP contribution is 2.12. The molecule has 3 amide bonds. The molecule has 8 nitrogen and oxygen atoms in total. The SMILES string of the molecule is COCC(=O)N1CCC(NC(=O)[C@@H](NC(=O)OCc2ccccc2)C(C)C)CC1. The number of carbonyl (C=O) groups is 3. The third-order valence-electron chi connectivity index (χ3n) is 4.90. The topological polar surface area (TPSA) is 97.0 Å². The first kappa shape index (κ1) is 22.7. The van der Waals surface area contributed by atoms with Crippen molar-refractivity contribution in [3.8, 4) is 0 Å². The van der Waals surface area contributed by atoms with Crippen molar-refractivity contribution >= 4 is 17.9 Å². The minimum atomic E-state index is -0.688. The summed E-state index contributed by atoms with van der Waals surface area (Å²) in [5.74, 6) is -0.374. The van der Waals surface area contributed by atoms with Crippen molar-refractivity contribution in [1.29, 1.82) is 0 Å². The number of rotatable bonds is 8. The van der Waals surface area contributed by atoms with Crippen LogP contribution in [0.2, 0.25) is 0 Å². The van der Waals surface area contributed by atoms with Crippen LogP contribution in [-0.4, -0.2) is 61.7 Å². The molecule has 0 saturated carbocycles. The average molecular weight is 405 g/mol. The van der Waals surface area contributed by atoms with Gasteiger partial charge in [0.1, 0.15) is 19.3 Å². The molecule has 29 heavy (non-hydrogen) atoms. The van der Waals surface area contributed by atoms with Gasteiger partial charge in [0.2, 0.25) is 11.8 Å². The fraction of sp³-hybridized carbons (Fsp3) is 0.571. The summed E-state index contributed by atoms with van der Waals surface area (Å²) in [7, 11) is 1.49. The largest absolute Gasteiger partial charge is 0.445 e. The Bertz CT molecular complexity index is 672. The van der Waals surface area contributed by atoms with E-state index in [0.717, 1.165) is 5.56 Å². The van der Waals surface area contributed by atoms with E-state index >= 15 is 0 Å². The number of methoxy groups -OCH3 is 1. The summed E-state index contributed by atoms with van der Waals surface area (Å²) in [5.41, 5.74) is 0.878. The molecular formula is C21H31N3O5. The molecule has 0 aliphatic carbocycles. The van der Waals surface area contributed by atoms with Gasteiger partial charge in [-0.1, -0.05) is 44.2 Å². The van der Waals surface area contributed by atoms with E-state index in [2.05, 4.69) is 10.6 Å². The molecule has 0 bridgehead atoms. The lowest BCUT2D eigenvalue weighted by atomic mass is 10.0. The molecule has 0 unspecified atom stereocenters. The normalized spacial score (nSPS) is 15.7. The molecule has 1 fully saturated rings. The Hall–Kier alpha value is -2.61. The number of amides is 3. The van der Waals surface area contributed by atoms with Gasteiger partial charge in [-0.15, -0.1) is 0 Å². The second kappa shape index (κ2) is 11.4. The zero-order valence-electron chi connectivity index (χ0n) is 17.3. The van der Waals surface area contributed by atoms with E-state index in [1.165, 1.54) is 7.11 Å². The molecule has 1 heterocycles. The van der Waals surface area contributed by atoms with Crippen molar-refractivity contribution in [2.45, 2.75) is 45.4 Å². The number of alkyl carbamates (subject to hydrolysis) is 1. The van der Waals surface area contributed by atoms with Gasteiger partial charge in [0.15, 0.2) is 0 Å². The lowest BCUT2D eigenvalue weighted by molar-refractivity contribution is -0.136. The number of benzene rings is 1. The number of likely N-dealkylation sites (tertiary alicyclic amines) is 1. The summed E-state index contributed by atoms with van der Waals surface area (Å²) in [4.78, 5) is 38.4. The molecule has 1 saturated heterocycles. The van der Waals surface area contributed by atoms with Crippen LogP contribution in [0.5, 0.6) is 0 Å². The standard InChI is InChI=1S/C21H31N3O5/c1-15(2)19(23-21(27)29-13-16-7-5-4-6-8-16)20(26)22-17-9-11-24(12-10-17)18(25)14-28-3/h4-8,15,17,19H,9-14H2,1-3H3,(H,22,26)(H,23,27)/t19-/m0/s1. The third-order valence-corrected chi connectivity index (χ3v) is 4.90. The third kappa shape index (κ3) is 7.38. The van der Waals surface area contributed by atoms with Crippen molar-refractivity contribution < 1.29 is 23.9 Å². The van der Waals surface area contributed by atoms with E-state index in [1.807, 2.05) is 44.2 Å². The second-order valence-corrected chi connectivity index (χ2v) is 7.52. The van der Waals surface area contributed by atoms with E-state index < -0.39 is 12.1 Å². The smallest absolute Gasteiger partial charge is 0.408 e. The first-order valence-electron chi connectivity index (χ1n) is 9.95. The average Bonchev–Trinajstić information content (AvgIpc) is 2.71. The summed E-state index contributed by atoms with van der Waals surface area (Å²) in [5, 5.41) is 5.66. The van der Waals surface area contributed by atoms with Gasteiger partial charge >= 0.3 is 6.09 Å². The van der Waals surface area contributed by atoms with Crippen LogP contribution in [0.3, 0.4) is 0 Å². The zero-order chi connectivity index (χ0) is 21.2. The second-order valence-electron chi connectivity index (χ2n) is 7.52. The van der Waals surface area contributed by atoms with E-state index in [4.69, 9.17) is 9.47 Å². The minimum absolute atomic E-state index is 0.0301. The Labute approximate surface area is 171 Å². The predicted molar refractivity (Wildman–Crippen MR) is 108 cm³/mol. The minimum Gasteiger partial charge on any atom is -0.445 e. The van der Waals surface area contributed by atoms with Crippen LogP contribution in [0.15, 0.2) is 30.3 Å². The Morgan fingerprint density at radius 1 is 1.14 bits per heavy atom. The number of hydrogen-bond donors (Lipinski definition) is 2. The lowest BCUT2D eigenvalue weighted by Gasteiger charge is -2.33. The molecule has 1 aromatic rings. The molecule has 1 aliphatic rings. The summed E-state index contributed by atoms with van der Waals surface area (Å²) in [6.07, 6.45) is 0.720. The van der Waals surface area contributed by atoms with Crippen molar-refractivity contribution in [3.05, 3.63) is 35.9 Å². The molecule has 2 N–H and O–H groups in total. The van der Waals surface area contributed by atoms with E-state index in [1.54, 1.807) is 4.90 Å². The maximum absolute atomic E-state index is 12.7. The maximum Gasteiger partial charge on any atom is 0.408 e. The van der Waals surface area contributed by atoms with Crippen molar-refractivity contribution in [2.75, 3.05) is 26.8 Å². The van der Waals surface area contributed by atoms with Crippen LogP contribution >= 0.6 is 0 Å². The van der Waals surface area contributed by atoms with E-state index in [0.29, 0.717) is 25.9 Å². The summed E-state index contributed by atoms with van der Waals surface area (Å²) in [6, 6.07) is 8.64. The van der Waals surface area contributed by atoms with Crippen molar-refractivity contribution in [2.24, 2.45) is 5.92 Å². The van der Waals surface area contributed by atoms with Crippen LogP contribution in [0.4, 0.5) is 4.79 Å².